The van der Waals surface area contributed by atoms with Gasteiger partial charge >= 0.3 is 6.01 Å². The summed E-state index contributed by atoms with van der Waals surface area (Å²) in [6.45, 7) is 6.22. The molecule has 6 nitrogen and oxygen atoms in total. The highest BCUT2D eigenvalue weighted by Crippen LogP contribution is 2.29. The van der Waals surface area contributed by atoms with Crippen LogP contribution < -0.4 is 10.1 Å². The molecule has 0 saturated carbocycles. The monoisotopic (exact) mass is 311 g/mol. The molecule has 2 atom stereocenters. The summed E-state index contributed by atoms with van der Waals surface area (Å²) in [5.74, 6) is 0.517. The molecule has 0 radical (unpaired) electrons. The second-order valence-corrected chi connectivity index (χ2v) is 6.35. The summed E-state index contributed by atoms with van der Waals surface area (Å²) >= 11 is 5.96. The number of nitrogens with one attached hydrogen (secondary N) is 1. The lowest BCUT2D eigenvalue weighted by Gasteiger charge is -2.32. The SMILES string of the molecule is CC(C)Oc1nc(Cl)nc(NC2CCN3CCCCC23)n1. The number of halogens is 1. The van der Waals surface area contributed by atoms with E-state index in [9.17, 15) is 0 Å². The number of ether oxygens (including phenoxy) is 1. The van der Waals surface area contributed by atoms with Gasteiger partial charge in [-0.1, -0.05) is 6.42 Å². The van der Waals surface area contributed by atoms with Crippen molar-refractivity contribution < 1.29 is 4.74 Å². The predicted molar refractivity (Wildman–Crippen MR) is 81.8 cm³/mol. The van der Waals surface area contributed by atoms with Gasteiger partial charge in [-0.15, -0.1) is 0 Å². The molecule has 2 unspecified atom stereocenters. The Kier molecular flexibility index (Phi) is 4.45. The summed E-state index contributed by atoms with van der Waals surface area (Å²) in [6.07, 6.45) is 4.99. The summed E-state index contributed by atoms with van der Waals surface area (Å²) in [7, 11) is 0. The Hall–Kier alpha value is -1.14. The zero-order valence-electron chi connectivity index (χ0n) is 12.5. The first-order valence-electron chi connectivity index (χ1n) is 7.70. The third kappa shape index (κ3) is 3.55. The van der Waals surface area contributed by atoms with Crippen LogP contribution in [-0.2, 0) is 0 Å². The minimum absolute atomic E-state index is 0.0108. The highest BCUT2D eigenvalue weighted by atomic mass is 35.5. The summed E-state index contributed by atoms with van der Waals surface area (Å²) in [6, 6.07) is 1.26. The highest BCUT2D eigenvalue weighted by molar-refractivity contribution is 6.28. The first-order valence-corrected chi connectivity index (χ1v) is 8.08. The fourth-order valence-electron chi connectivity index (χ4n) is 3.24. The number of nitrogens with zero attached hydrogens (tertiary/aromatic N) is 4. The predicted octanol–water partition coefficient (Wildman–Crippen LogP) is 2.35. The Labute approximate surface area is 130 Å². The van der Waals surface area contributed by atoms with Crippen molar-refractivity contribution in [2.45, 2.75) is 57.7 Å². The lowest BCUT2D eigenvalue weighted by Crippen LogP contribution is -2.42. The second-order valence-electron chi connectivity index (χ2n) is 6.02. The van der Waals surface area contributed by atoms with Crippen molar-refractivity contribution in [2.24, 2.45) is 0 Å². The molecule has 116 valence electrons. The van der Waals surface area contributed by atoms with E-state index in [0.29, 0.717) is 18.0 Å². The molecule has 3 heterocycles. The Bertz CT molecular complexity index is 498. The fourth-order valence-corrected chi connectivity index (χ4v) is 3.39. The average molecular weight is 312 g/mol. The standard InChI is InChI=1S/C14H22ClN5O/c1-9(2)21-14-18-12(15)17-13(19-14)16-10-6-8-20-7-4-3-5-11(10)20/h9-11H,3-8H2,1-2H3,(H,16,17,18,19). The zero-order valence-corrected chi connectivity index (χ0v) is 13.3. The van der Waals surface area contributed by atoms with Crippen LogP contribution in [0.1, 0.15) is 39.5 Å². The number of hydrogen-bond acceptors (Lipinski definition) is 6. The second kappa shape index (κ2) is 6.32. The number of fused-ring (bicyclic) bond motifs is 1. The molecule has 2 aliphatic heterocycles. The minimum Gasteiger partial charge on any atom is -0.461 e. The van der Waals surface area contributed by atoms with Crippen molar-refractivity contribution in [2.75, 3.05) is 18.4 Å². The first kappa shape index (κ1) is 14.8. The minimum atomic E-state index is 0.0108. The van der Waals surface area contributed by atoms with Crippen LogP contribution >= 0.6 is 11.6 Å². The molecular weight excluding hydrogens is 290 g/mol. The Morgan fingerprint density at radius 3 is 2.86 bits per heavy atom. The van der Waals surface area contributed by atoms with Crippen LogP contribution in [0.3, 0.4) is 0 Å². The highest BCUT2D eigenvalue weighted by Gasteiger charge is 2.35. The smallest absolute Gasteiger partial charge is 0.322 e. The van der Waals surface area contributed by atoms with Crippen molar-refractivity contribution in [3.05, 3.63) is 5.28 Å². The van der Waals surface area contributed by atoms with Crippen LogP contribution in [0.4, 0.5) is 5.95 Å². The molecular formula is C14H22ClN5O. The normalized spacial score (nSPS) is 25.9. The molecule has 0 amide bonds. The van der Waals surface area contributed by atoms with Crippen molar-refractivity contribution in [1.29, 1.82) is 0 Å². The van der Waals surface area contributed by atoms with Gasteiger partial charge in [-0.2, -0.15) is 15.0 Å². The molecule has 0 spiro atoms. The van der Waals surface area contributed by atoms with Gasteiger partial charge in [0, 0.05) is 18.6 Å². The summed E-state index contributed by atoms with van der Waals surface area (Å²) in [5, 5.41) is 3.59. The maximum Gasteiger partial charge on any atom is 0.322 e. The third-order valence-electron chi connectivity index (χ3n) is 4.10. The summed E-state index contributed by atoms with van der Waals surface area (Å²) in [5.41, 5.74) is 0. The molecule has 0 bridgehead atoms. The fraction of sp³-hybridized carbons (Fsp3) is 0.786. The molecule has 21 heavy (non-hydrogen) atoms. The van der Waals surface area contributed by atoms with E-state index in [1.165, 1.54) is 25.8 Å². The van der Waals surface area contributed by atoms with Gasteiger partial charge in [-0.3, -0.25) is 4.90 Å². The number of anilines is 1. The van der Waals surface area contributed by atoms with Gasteiger partial charge in [-0.05, 0) is 51.3 Å². The van der Waals surface area contributed by atoms with Crippen molar-refractivity contribution in [3.63, 3.8) is 0 Å². The van der Waals surface area contributed by atoms with Gasteiger partial charge < -0.3 is 10.1 Å². The lowest BCUT2D eigenvalue weighted by atomic mass is 9.99. The van der Waals surface area contributed by atoms with E-state index in [1.807, 2.05) is 13.8 Å². The quantitative estimate of drug-likeness (QED) is 0.921. The van der Waals surface area contributed by atoms with Gasteiger partial charge in [0.05, 0.1) is 6.10 Å². The van der Waals surface area contributed by atoms with Gasteiger partial charge in [0.1, 0.15) is 0 Å². The van der Waals surface area contributed by atoms with Crippen molar-refractivity contribution in [1.82, 2.24) is 19.9 Å². The average Bonchev–Trinajstić information content (AvgIpc) is 2.81. The molecule has 1 aromatic heterocycles. The Balaban J connectivity index is 1.71. The maximum atomic E-state index is 5.96. The van der Waals surface area contributed by atoms with E-state index in [0.717, 1.165) is 13.0 Å². The number of rotatable bonds is 4. The molecule has 2 fully saturated rings. The molecule has 0 aliphatic carbocycles. The number of hydrogen-bond donors (Lipinski definition) is 1. The van der Waals surface area contributed by atoms with E-state index < -0.39 is 0 Å². The van der Waals surface area contributed by atoms with Gasteiger partial charge in [-0.25, -0.2) is 0 Å². The number of aromatic nitrogens is 3. The first-order chi connectivity index (χ1) is 10.1. The van der Waals surface area contributed by atoms with Gasteiger partial charge in [0.15, 0.2) is 0 Å². The van der Waals surface area contributed by atoms with E-state index in [1.54, 1.807) is 0 Å². The van der Waals surface area contributed by atoms with Crippen molar-refractivity contribution in [3.8, 4) is 6.01 Å². The molecule has 2 saturated heterocycles. The van der Waals surface area contributed by atoms with Crippen LogP contribution in [0.25, 0.3) is 0 Å². The molecule has 1 N–H and O–H groups in total. The Morgan fingerprint density at radius 2 is 2.05 bits per heavy atom. The molecule has 1 aromatic rings. The van der Waals surface area contributed by atoms with Crippen LogP contribution in [-0.4, -0.2) is 51.1 Å². The van der Waals surface area contributed by atoms with E-state index >= 15 is 0 Å². The summed E-state index contributed by atoms with van der Waals surface area (Å²) in [4.78, 5) is 15.1. The molecule has 7 heteroatoms. The van der Waals surface area contributed by atoms with E-state index in [2.05, 4.69) is 25.2 Å². The maximum absolute atomic E-state index is 5.96. The molecule has 2 aliphatic rings. The van der Waals surface area contributed by atoms with E-state index in [4.69, 9.17) is 16.3 Å². The van der Waals surface area contributed by atoms with Gasteiger partial charge in [0.2, 0.25) is 11.2 Å². The van der Waals surface area contributed by atoms with Crippen LogP contribution in [0.15, 0.2) is 0 Å². The third-order valence-corrected chi connectivity index (χ3v) is 4.27. The number of piperidine rings is 1. The van der Waals surface area contributed by atoms with Crippen LogP contribution in [0.5, 0.6) is 6.01 Å². The largest absolute Gasteiger partial charge is 0.461 e. The van der Waals surface area contributed by atoms with E-state index in [-0.39, 0.29) is 17.4 Å². The van der Waals surface area contributed by atoms with Crippen LogP contribution in [0, 0.1) is 0 Å². The van der Waals surface area contributed by atoms with Crippen molar-refractivity contribution >= 4 is 17.5 Å². The molecule has 0 aromatic carbocycles. The topological polar surface area (TPSA) is 63.2 Å². The zero-order chi connectivity index (χ0) is 14.8. The van der Waals surface area contributed by atoms with Crippen LogP contribution in [0.2, 0.25) is 5.28 Å². The Morgan fingerprint density at radius 1 is 1.19 bits per heavy atom. The van der Waals surface area contributed by atoms with Gasteiger partial charge in [0.25, 0.3) is 0 Å². The lowest BCUT2D eigenvalue weighted by molar-refractivity contribution is 0.192. The molecule has 3 rings (SSSR count). The summed E-state index contributed by atoms with van der Waals surface area (Å²) < 4.78 is 5.51.